The third kappa shape index (κ3) is 2.66. The van der Waals surface area contributed by atoms with Gasteiger partial charge < -0.3 is 10.6 Å². The SMILES string of the molecule is CNc1ncnc(NCc2cn(C)nc2C)c1[N+](=O)[O-]. The molecule has 2 heterocycles. The summed E-state index contributed by atoms with van der Waals surface area (Å²) in [5, 5.41) is 21.0. The largest absolute Gasteiger partial charge is 0.367 e. The van der Waals surface area contributed by atoms with Crippen molar-refractivity contribution in [2.75, 3.05) is 17.7 Å². The summed E-state index contributed by atoms with van der Waals surface area (Å²) < 4.78 is 1.69. The number of hydrogen-bond donors (Lipinski definition) is 2. The molecule has 0 saturated heterocycles. The molecule has 20 heavy (non-hydrogen) atoms. The zero-order chi connectivity index (χ0) is 14.7. The first-order chi connectivity index (χ1) is 9.52. The first-order valence-corrected chi connectivity index (χ1v) is 5.93. The highest BCUT2D eigenvalue weighted by molar-refractivity contribution is 5.69. The van der Waals surface area contributed by atoms with Gasteiger partial charge in [0.2, 0.25) is 11.6 Å². The average Bonchev–Trinajstić information content (AvgIpc) is 2.73. The minimum absolute atomic E-state index is 0.170. The number of nitrogens with one attached hydrogen (secondary N) is 2. The molecule has 0 unspecified atom stereocenters. The van der Waals surface area contributed by atoms with Crippen LogP contribution in [0, 0.1) is 17.0 Å². The third-order valence-electron chi connectivity index (χ3n) is 2.80. The van der Waals surface area contributed by atoms with Crippen LogP contribution in [0.3, 0.4) is 0 Å². The van der Waals surface area contributed by atoms with E-state index in [4.69, 9.17) is 0 Å². The van der Waals surface area contributed by atoms with E-state index in [1.807, 2.05) is 20.2 Å². The summed E-state index contributed by atoms with van der Waals surface area (Å²) in [6, 6.07) is 0. The Morgan fingerprint density at radius 1 is 1.40 bits per heavy atom. The van der Waals surface area contributed by atoms with Crippen molar-refractivity contribution in [2.45, 2.75) is 13.5 Å². The van der Waals surface area contributed by atoms with E-state index < -0.39 is 4.92 Å². The fourth-order valence-corrected chi connectivity index (χ4v) is 1.87. The summed E-state index contributed by atoms with van der Waals surface area (Å²) in [5.74, 6) is 0.355. The van der Waals surface area contributed by atoms with Crippen LogP contribution < -0.4 is 10.6 Å². The molecule has 0 aromatic carbocycles. The molecule has 0 atom stereocenters. The monoisotopic (exact) mass is 277 g/mol. The molecule has 0 radical (unpaired) electrons. The van der Waals surface area contributed by atoms with Crippen LogP contribution in [0.15, 0.2) is 12.5 Å². The Morgan fingerprint density at radius 3 is 2.65 bits per heavy atom. The number of hydrogen-bond acceptors (Lipinski definition) is 7. The van der Waals surface area contributed by atoms with Crippen molar-refractivity contribution in [1.29, 1.82) is 0 Å². The van der Waals surface area contributed by atoms with Crippen LogP contribution in [0.1, 0.15) is 11.3 Å². The van der Waals surface area contributed by atoms with Gasteiger partial charge in [0.05, 0.1) is 10.6 Å². The number of aromatic nitrogens is 4. The van der Waals surface area contributed by atoms with E-state index in [0.29, 0.717) is 6.54 Å². The second-order valence-corrected chi connectivity index (χ2v) is 4.19. The van der Waals surface area contributed by atoms with E-state index in [1.165, 1.54) is 6.33 Å². The minimum Gasteiger partial charge on any atom is -0.367 e. The van der Waals surface area contributed by atoms with Gasteiger partial charge in [0.15, 0.2) is 0 Å². The summed E-state index contributed by atoms with van der Waals surface area (Å²) in [6.07, 6.45) is 3.13. The predicted octanol–water partition coefficient (Wildman–Crippen LogP) is 1.08. The maximum Gasteiger partial charge on any atom is 0.353 e. The van der Waals surface area contributed by atoms with Gasteiger partial charge in [0, 0.05) is 32.4 Å². The number of nitro groups is 1. The Morgan fingerprint density at radius 2 is 2.10 bits per heavy atom. The highest BCUT2D eigenvalue weighted by atomic mass is 16.6. The van der Waals surface area contributed by atoms with Crippen molar-refractivity contribution < 1.29 is 4.92 Å². The van der Waals surface area contributed by atoms with Gasteiger partial charge in [-0.25, -0.2) is 9.97 Å². The van der Waals surface area contributed by atoms with Crippen molar-refractivity contribution in [2.24, 2.45) is 7.05 Å². The standard InChI is InChI=1S/C11H15N7O2/c1-7-8(5-17(3)16-7)4-13-11-9(18(19)20)10(12-2)14-6-15-11/h5-6H,4H2,1-3H3,(H2,12,13,14,15). The van der Waals surface area contributed by atoms with Crippen LogP contribution >= 0.6 is 0 Å². The van der Waals surface area contributed by atoms with Gasteiger partial charge in [0.25, 0.3) is 0 Å². The van der Waals surface area contributed by atoms with Crippen LogP contribution in [0.25, 0.3) is 0 Å². The van der Waals surface area contributed by atoms with Gasteiger partial charge in [-0.15, -0.1) is 0 Å². The van der Waals surface area contributed by atoms with E-state index in [1.54, 1.807) is 11.7 Å². The maximum atomic E-state index is 11.1. The second kappa shape index (κ2) is 5.51. The second-order valence-electron chi connectivity index (χ2n) is 4.19. The van der Waals surface area contributed by atoms with Gasteiger partial charge in [-0.3, -0.25) is 14.8 Å². The molecule has 0 bridgehead atoms. The first kappa shape index (κ1) is 13.7. The topological polar surface area (TPSA) is 111 Å². The molecular weight excluding hydrogens is 262 g/mol. The van der Waals surface area contributed by atoms with E-state index in [0.717, 1.165) is 11.3 Å². The number of aryl methyl sites for hydroxylation is 2. The molecule has 9 heteroatoms. The Balaban J connectivity index is 2.25. The molecule has 0 spiro atoms. The van der Waals surface area contributed by atoms with E-state index >= 15 is 0 Å². The lowest BCUT2D eigenvalue weighted by Crippen LogP contribution is -2.08. The lowest BCUT2D eigenvalue weighted by Gasteiger charge is -2.07. The van der Waals surface area contributed by atoms with Gasteiger partial charge in [-0.05, 0) is 6.92 Å². The van der Waals surface area contributed by atoms with Crippen molar-refractivity contribution in [3.8, 4) is 0 Å². The number of nitrogens with zero attached hydrogens (tertiary/aromatic N) is 5. The highest BCUT2D eigenvalue weighted by Crippen LogP contribution is 2.28. The summed E-state index contributed by atoms with van der Waals surface area (Å²) >= 11 is 0. The fourth-order valence-electron chi connectivity index (χ4n) is 1.87. The van der Waals surface area contributed by atoms with Crippen LogP contribution in [0.5, 0.6) is 0 Å². The third-order valence-corrected chi connectivity index (χ3v) is 2.80. The molecule has 0 aliphatic rings. The molecule has 0 saturated carbocycles. The fraction of sp³-hybridized carbons (Fsp3) is 0.364. The van der Waals surface area contributed by atoms with Gasteiger partial charge in [0.1, 0.15) is 6.33 Å². The van der Waals surface area contributed by atoms with Gasteiger partial charge >= 0.3 is 5.69 Å². The summed E-state index contributed by atoms with van der Waals surface area (Å²) in [5.41, 5.74) is 1.65. The normalized spacial score (nSPS) is 10.3. The molecule has 0 aliphatic heterocycles. The molecule has 2 N–H and O–H groups in total. The predicted molar refractivity (Wildman–Crippen MR) is 73.5 cm³/mol. The van der Waals surface area contributed by atoms with Gasteiger partial charge in [-0.2, -0.15) is 5.10 Å². The Labute approximate surface area is 115 Å². The minimum atomic E-state index is -0.510. The van der Waals surface area contributed by atoms with Crippen LogP contribution in [0.4, 0.5) is 17.3 Å². The molecular formula is C11H15N7O2. The van der Waals surface area contributed by atoms with E-state index in [-0.39, 0.29) is 17.3 Å². The van der Waals surface area contributed by atoms with Crippen LogP contribution in [-0.4, -0.2) is 31.7 Å². The summed E-state index contributed by atoms with van der Waals surface area (Å²) in [7, 11) is 3.40. The average molecular weight is 277 g/mol. The Hall–Kier alpha value is -2.71. The molecule has 0 aliphatic carbocycles. The highest BCUT2D eigenvalue weighted by Gasteiger charge is 2.22. The quantitative estimate of drug-likeness (QED) is 0.621. The maximum absolute atomic E-state index is 11.1. The molecule has 9 nitrogen and oxygen atoms in total. The van der Waals surface area contributed by atoms with E-state index in [9.17, 15) is 10.1 Å². The van der Waals surface area contributed by atoms with Crippen molar-refractivity contribution in [3.63, 3.8) is 0 Å². The van der Waals surface area contributed by atoms with E-state index in [2.05, 4.69) is 25.7 Å². The van der Waals surface area contributed by atoms with Crippen molar-refractivity contribution >= 4 is 17.3 Å². The van der Waals surface area contributed by atoms with Crippen LogP contribution in [0.2, 0.25) is 0 Å². The molecule has 106 valence electrons. The molecule has 2 aromatic heterocycles. The zero-order valence-corrected chi connectivity index (χ0v) is 11.4. The van der Waals surface area contributed by atoms with Crippen LogP contribution in [-0.2, 0) is 13.6 Å². The first-order valence-electron chi connectivity index (χ1n) is 5.93. The van der Waals surface area contributed by atoms with Crippen molar-refractivity contribution in [3.05, 3.63) is 33.9 Å². The Bertz CT molecular complexity index is 638. The van der Waals surface area contributed by atoms with Crippen molar-refractivity contribution in [1.82, 2.24) is 19.7 Å². The molecule has 2 aromatic rings. The summed E-state index contributed by atoms with van der Waals surface area (Å²) in [4.78, 5) is 18.4. The molecule has 0 amide bonds. The smallest absolute Gasteiger partial charge is 0.353 e. The summed E-state index contributed by atoms with van der Waals surface area (Å²) in [6.45, 7) is 2.28. The molecule has 0 fully saturated rings. The lowest BCUT2D eigenvalue weighted by atomic mass is 10.2. The number of rotatable bonds is 5. The molecule has 2 rings (SSSR count). The zero-order valence-electron chi connectivity index (χ0n) is 11.4. The Kier molecular flexibility index (Phi) is 3.78. The van der Waals surface area contributed by atoms with Gasteiger partial charge in [-0.1, -0.05) is 0 Å². The number of anilines is 2. The lowest BCUT2D eigenvalue weighted by molar-refractivity contribution is -0.383.